The quantitative estimate of drug-likeness (QED) is 0.277. The predicted octanol–water partition coefficient (Wildman–Crippen LogP) is 4.65. The highest BCUT2D eigenvalue weighted by Gasteiger charge is 2.37. The van der Waals surface area contributed by atoms with Crippen LogP contribution in [0.15, 0.2) is 108 Å². The van der Waals surface area contributed by atoms with E-state index in [0.29, 0.717) is 23.5 Å². The number of rotatable bonds is 10. The molecule has 2 amide bonds. The van der Waals surface area contributed by atoms with Gasteiger partial charge < -0.3 is 19.7 Å². The monoisotopic (exact) mass is 619 g/mol. The number of halogens is 1. The molecule has 0 fully saturated rings. The van der Waals surface area contributed by atoms with Gasteiger partial charge in [-0.3, -0.25) is 9.59 Å². The molecule has 0 bridgehead atoms. The van der Waals surface area contributed by atoms with Gasteiger partial charge in [-0.1, -0.05) is 84.4 Å². The number of fused-ring (bicyclic) bond motifs is 1. The van der Waals surface area contributed by atoms with E-state index in [1.54, 1.807) is 48.5 Å². The molecule has 11 heteroatoms. The fraction of sp³-hybridized carbons (Fsp3) is 0.188. The van der Waals surface area contributed by atoms with E-state index in [1.807, 2.05) is 36.4 Å². The molecule has 0 saturated heterocycles. The Bertz CT molecular complexity index is 1700. The van der Waals surface area contributed by atoms with Gasteiger partial charge in [-0.15, -0.1) is 0 Å². The first-order valence-electron chi connectivity index (χ1n) is 13.5. The zero-order valence-corrected chi connectivity index (χ0v) is 24.9. The second-order valence-corrected chi connectivity index (χ2v) is 12.2. The lowest BCUT2D eigenvalue weighted by atomic mass is 10.1. The van der Waals surface area contributed by atoms with Gasteiger partial charge in [0.05, 0.1) is 25.9 Å². The Labute approximate surface area is 255 Å². The summed E-state index contributed by atoms with van der Waals surface area (Å²) in [6, 6.07) is 29.5. The van der Waals surface area contributed by atoms with Crippen molar-refractivity contribution in [1.82, 2.24) is 9.62 Å². The smallest absolute Gasteiger partial charge is 0.263 e. The van der Waals surface area contributed by atoms with Crippen LogP contribution in [0.4, 0.5) is 5.69 Å². The number of carbonyl (C=O) groups excluding carboxylic acids is 2. The summed E-state index contributed by atoms with van der Waals surface area (Å²) in [5, 5.41) is 3.07. The van der Waals surface area contributed by atoms with Crippen LogP contribution in [-0.4, -0.2) is 50.8 Å². The minimum atomic E-state index is -4.28. The summed E-state index contributed by atoms with van der Waals surface area (Å²) in [7, 11) is -2.92. The predicted molar refractivity (Wildman–Crippen MR) is 164 cm³/mol. The average molecular weight is 620 g/mol. The summed E-state index contributed by atoms with van der Waals surface area (Å²) in [6.07, 6.45) is -1.00. The van der Waals surface area contributed by atoms with E-state index in [1.165, 1.54) is 30.2 Å². The molecule has 1 N–H and O–H groups in total. The molecule has 0 radical (unpaired) electrons. The molecule has 222 valence electrons. The Kier molecular flexibility index (Phi) is 9.30. The lowest BCUT2D eigenvalue weighted by molar-refractivity contribution is -0.128. The van der Waals surface area contributed by atoms with Crippen LogP contribution in [-0.2, 0) is 32.7 Å². The number of para-hydroxylation sites is 2. The minimum absolute atomic E-state index is 0.0858. The van der Waals surface area contributed by atoms with Crippen LogP contribution in [0, 0.1) is 0 Å². The van der Waals surface area contributed by atoms with Crippen molar-refractivity contribution in [3.05, 3.63) is 119 Å². The zero-order valence-electron chi connectivity index (χ0n) is 23.4. The van der Waals surface area contributed by atoms with Crippen LogP contribution in [0.3, 0.4) is 0 Å². The Morgan fingerprint density at radius 3 is 2.30 bits per heavy atom. The average Bonchev–Trinajstić information content (AvgIpc) is 3.03. The number of hydrogen-bond acceptors (Lipinski definition) is 6. The number of nitrogens with one attached hydrogen (secondary N) is 1. The second kappa shape index (κ2) is 13.3. The molecular formula is C32H30ClN3O6S. The lowest BCUT2D eigenvalue weighted by Crippen LogP contribution is -2.52. The SMILES string of the molecule is COc1ccc(Cl)cc1S(=O)(=O)N(CC(=O)N1C[C@H](C(=O)NCc2ccccc2)Oc2ccccc21)Cc1ccccc1. The number of methoxy groups -OCH3 is 1. The number of anilines is 1. The van der Waals surface area contributed by atoms with Crippen LogP contribution in [0.2, 0.25) is 5.02 Å². The maximum atomic E-state index is 14.1. The molecule has 9 nitrogen and oxygen atoms in total. The van der Waals surface area contributed by atoms with Crippen molar-refractivity contribution in [2.45, 2.75) is 24.1 Å². The maximum absolute atomic E-state index is 14.1. The number of sulfonamides is 1. The summed E-state index contributed by atoms with van der Waals surface area (Å²) in [6.45, 7) is -0.410. The number of benzene rings is 4. The number of ether oxygens (including phenoxy) is 2. The van der Waals surface area contributed by atoms with Crippen molar-refractivity contribution in [3.63, 3.8) is 0 Å². The standard InChI is InChI=1S/C32H30ClN3O6S/c1-41-28-17-16-25(33)18-30(28)43(39,40)35(20-24-12-6-3-7-13-24)22-31(37)36-21-29(42-27-15-9-8-14-26(27)36)32(38)34-19-23-10-4-2-5-11-23/h2-18,29H,19-22H2,1H3,(H,34,38)/t29-/m1/s1. The molecular weight excluding hydrogens is 590 g/mol. The van der Waals surface area contributed by atoms with Gasteiger partial charge in [0.15, 0.2) is 6.10 Å². The Morgan fingerprint density at radius 1 is 0.953 bits per heavy atom. The summed E-state index contributed by atoms with van der Waals surface area (Å²) in [5.41, 5.74) is 2.04. The van der Waals surface area contributed by atoms with E-state index in [9.17, 15) is 18.0 Å². The summed E-state index contributed by atoms with van der Waals surface area (Å²) >= 11 is 6.17. The second-order valence-electron chi connectivity index (χ2n) is 9.84. The minimum Gasteiger partial charge on any atom is -0.495 e. The van der Waals surface area contributed by atoms with Crippen molar-refractivity contribution in [2.24, 2.45) is 0 Å². The van der Waals surface area contributed by atoms with Crippen molar-refractivity contribution >= 4 is 39.1 Å². The molecule has 1 aliphatic heterocycles. The lowest BCUT2D eigenvalue weighted by Gasteiger charge is -2.35. The summed E-state index contributed by atoms with van der Waals surface area (Å²) in [4.78, 5) is 28.4. The van der Waals surface area contributed by atoms with Gasteiger partial charge in [0.1, 0.15) is 16.4 Å². The van der Waals surface area contributed by atoms with Crippen molar-refractivity contribution in [3.8, 4) is 11.5 Å². The molecule has 0 unspecified atom stereocenters. The molecule has 1 atom stereocenters. The maximum Gasteiger partial charge on any atom is 0.263 e. The molecule has 1 aliphatic rings. The molecule has 0 aliphatic carbocycles. The van der Waals surface area contributed by atoms with Crippen molar-refractivity contribution < 1.29 is 27.5 Å². The molecule has 0 saturated carbocycles. The topological polar surface area (TPSA) is 105 Å². The van der Waals surface area contributed by atoms with E-state index < -0.39 is 34.5 Å². The van der Waals surface area contributed by atoms with Crippen LogP contribution in [0.25, 0.3) is 0 Å². The van der Waals surface area contributed by atoms with E-state index in [2.05, 4.69) is 5.32 Å². The molecule has 4 aromatic rings. The van der Waals surface area contributed by atoms with Gasteiger partial charge in [0.2, 0.25) is 15.9 Å². The Hall–Kier alpha value is -4.38. The fourth-order valence-corrected chi connectivity index (χ4v) is 6.54. The summed E-state index contributed by atoms with van der Waals surface area (Å²) in [5.74, 6) is -0.483. The van der Waals surface area contributed by atoms with Crippen LogP contribution in [0.1, 0.15) is 11.1 Å². The first-order valence-corrected chi connectivity index (χ1v) is 15.3. The van der Waals surface area contributed by atoms with E-state index in [4.69, 9.17) is 21.1 Å². The molecule has 0 aromatic heterocycles. The molecule has 1 heterocycles. The highest BCUT2D eigenvalue weighted by molar-refractivity contribution is 7.89. The van der Waals surface area contributed by atoms with E-state index >= 15 is 0 Å². The third-order valence-corrected chi connectivity index (χ3v) is 8.98. The number of hydrogen-bond donors (Lipinski definition) is 1. The van der Waals surface area contributed by atoms with Crippen molar-refractivity contribution in [2.75, 3.05) is 25.1 Å². The zero-order chi connectivity index (χ0) is 30.4. The Balaban J connectivity index is 1.43. The largest absolute Gasteiger partial charge is 0.495 e. The van der Waals surface area contributed by atoms with Crippen LogP contribution < -0.4 is 19.7 Å². The number of nitrogens with zero attached hydrogens (tertiary/aromatic N) is 2. The van der Waals surface area contributed by atoms with Gasteiger partial charge in [-0.05, 0) is 41.5 Å². The van der Waals surface area contributed by atoms with Gasteiger partial charge in [0.25, 0.3) is 5.91 Å². The number of amides is 2. The fourth-order valence-electron chi connectivity index (χ4n) is 4.75. The van der Waals surface area contributed by atoms with Gasteiger partial charge >= 0.3 is 0 Å². The number of carbonyl (C=O) groups is 2. The summed E-state index contributed by atoms with van der Waals surface area (Å²) < 4.78 is 40.5. The van der Waals surface area contributed by atoms with Crippen LogP contribution in [0.5, 0.6) is 11.5 Å². The van der Waals surface area contributed by atoms with E-state index in [0.717, 1.165) is 9.87 Å². The van der Waals surface area contributed by atoms with Crippen LogP contribution >= 0.6 is 11.6 Å². The van der Waals surface area contributed by atoms with Crippen molar-refractivity contribution in [1.29, 1.82) is 0 Å². The third kappa shape index (κ3) is 6.99. The first-order chi connectivity index (χ1) is 20.8. The molecule has 0 spiro atoms. The van der Waals surface area contributed by atoms with E-state index in [-0.39, 0.29) is 28.8 Å². The Morgan fingerprint density at radius 2 is 1.60 bits per heavy atom. The molecule has 43 heavy (non-hydrogen) atoms. The van der Waals surface area contributed by atoms with Gasteiger partial charge in [0, 0.05) is 18.1 Å². The normalized spacial score (nSPS) is 14.5. The highest BCUT2D eigenvalue weighted by Crippen LogP contribution is 2.35. The molecule has 5 rings (SSSR count). The highest BCUT2D eigenvalue weighted by atomic mass is 35.5. The molecule has 4 aromatic carbocycles. The van der Waals surface area contributed by atoms with Gasteiger partial charge in [-0.25, -0.2) is 8.42 Å². The first kappa shape index (κ1) is 30.1. The third-order valence-electron chi connectivity index (χ3n) is 6.93. The van der Waals surface area contributed by atoms with Gasteiger partial charge in [-0.2, -0.15) is 4.31 Å².